The van der Waals surface area contributed by atoms with E-state index in [-0.39, 0.29) is 0 Å². The Labute approximate surface area is 292 Å². The first-order valence-electron chi connectivity index (χ1n) is 17.6. The predicted molar refractivity (Wildman–Crippen MR) is 214 cm³/mol. The number of benzene rings is 4. The zero-order valence-corrected chi connectivity index (χ0v) is 31.2. The monoisotopic (exact) mass is 632 g/mol. The van der Waals surface area contributed by atoms with Crippen molar-refractivity contribution in [2.75, 3.05) is 0 Å². The third-order valence-electron chi connectivity index (χ3n) is 10.3. The summed E-state index contributed by atoms with van der Waals surface area (Å²) in [6.45, 7) is 21.8. The lowest BCUT2D eigenvalue weighted by Crippen LogP contribution is -1.80. The first kappa shape index (κ1) is 36.4. The molecule has 0 aromatic heterocycles. The molecular weight excluding hydrogens is 577 g/mol. The number of rotatable bonds is 0. The molecule has 4 aromatic carbocycles. The zero-order valence-electron chi connectivity index (χ0n) is 31.2. The Hall–Kier alpha value is -4.42. The third-order valence-corrected chi connectivity index (χ3v) is 10.3. The number of fused-ring (bicyclic) bond motifs is 2. The second kappa shape index (κ2) is 17.1. The van der Waals surface area contributed by atoms with Crippen LogP contribution in [0.4, 0.5) is 0 Å². The summed E-state index contributed by atoms with van der Waals surface area (Å²) in [6, 6.07) is 30.0. The fourth-order valence-corrected chi connectivity index (χ4v) is 6.32. The molecule has 0 amide bonds. The summed E-state index contributed by atoms with van der Waals surface area (Å²) in [7, 11) is 0. The average Bonchev–Trinajstić information content (AvgIpc) is 3.83. The van der Waals surface area contributed by atoms with Gasteiger partial charge < -0.3 is 0 Å². The summed E-state index contributed by atoms with van der Waals surface area (Å²) >= 11 is 0. The highest BCUT2D eigenvalue weighted by molar-refractivity contribution is 5.84. The normalized spacial score (nSPS) is 15.3. The molecule has 0 saturated heterocycles. The van der Waals surface area contributed by atoms with Crippen LogP contribution in [0.1, 0.15) is 94.2 Å². The molecule has 4 aliphatic rings. The van der Waals surface area contributed by atoms with Crippen LogP contribution in [0, 0.1) is 27.7 Å². The van der Waals surface area contributed by atoms with Gasteiger partial charge in [0.2, 0.25) is 0 Å². The van der Waals surface area contributed by atoms with Gasteiger partial charge in [0.05, 0.1) is 0 Å². The lowest BCUT2D eigenvalue weighted by Gasteiger charge is -2.02. The van der Waals surface area contributed by atoms with Crippen LogP contribution < -0.4 is 0 Å². The van der Waals surface area contributed by atoms with Gasteiger partial charge >= 0.3 is 0 Å². The van der Waals surface area contributed by atoms with Gasteiger partial charge in [-0.25, -0.2) is 0 Å². The maximum absolute atomic E-state index is 2.27. The first-order valence-corrected chi connectivity index (χ1v) is 17.6. The Balaban J connectivity index is 0.000000137. The van der Waals surface area contributed by atoms with Crippen LogP contribution in [-0.2, 0) is 6.42 Å². The average molecular weight is 633 g/mol. The smallest absolute Gasteiger partial charge is 0.00579 e. The number of hydrogen-bond acceptors (Lipinski definition) is 0. The Morgan fingerprint density at radius 2 is 0.958 bits per heavy atom. The van der Waals surface area contributed by atoms with E-state index in [9.17, 15) is 0 Å². The summed E-state index contributed by atoms with van der Waals surface area (Å²) < 4.78 is 0. The van der Waals surface area contributed by atoms with Crippen molar-refractivity contribution in [3.8, 4) is 0 Å². The van der Waals surface area contributed by atoms with Gasteiger partial charge in [-0.05, 0) is 161 Å². The number of aryl methyl sites for hydroxylation is 4. The van der Waals surface area contributed by atoms with Crippen molar-refractivity contribution in [3.63, 3.8) is 0 Å². The molecule has 248 valence electrons. The lowest BCUT2D eigenvalue weighted by molar-refractivity contribution is 1.17. The van der Waals surface area contributed by atoms with Crippen molar-refractivity contribution in [1.29, 1.82) is 0 Å². The van der Waals surface area contributed by atoms with E-state index in [0.29, 0.717) is 0 Å². The van der Waals surface area contributed by atoms with E-state index in [1.54, 1.807) is 22.3 Å². The van der Waals surface area contributed by atoms with Gasteiger partial charge in [0.25, 0.3) is 0 Å². The third kappa shape index (κ3) is 9.57. The number of hydrogen-bond donors (Lipinski definition) is 0. The molecule has 0 N–H and O–H groups in total. The van der Waals surface area contributed by atoms with Crippen LogP contribution >= 0.6 is 0 Å². The predicted octanol–water partition coefficient (Wildman–Crippen LogP) is 14.1. The fourth-order valence-electron chi connectivity index (χ4n) is 6.32. The Bertz CT molecular complexity index is 1880. The van der Waals surface area contributed by atoms with Gasteiger partial charge in [0.15, 0.2) is 0 Å². The van der Waals surface area contributed by atoms with Gasteiger partial charge in [-0.2, -0.15) is 0 Å². The van der Waals surface area contributed by atoms with Crippen LogP contribution in [-0.4, -0.2) is 0 Å². The topological polar surface area (TPSA) is 0 Å². The molecule has 0 heteroatoms. The molecule has 0 heterocycles. The molecule has 0 aliphatic heterocycles. The highest BCUT2D eigenvalue weighted by Crippen LogP contribution is 2.38. The van der Waals surface area contributed by atoms with E-state index in [4.69, 9.17) is 0 Å². The molecule has 48 heavy (non-hydrogen) atoms. The molecular formula is C48H56. The molecule has 4 aliphatic carbocycles. The quantitative estimate of drug-likeness (QED) is 0.181. The minimum atomic E-state index is 1.15. The SMILES string of the molecule is CC1=C(C)C2=C(C=CC2)C1.CC1=C(C)CC=C1.CC1=C(C)c2ccccc2C1.Cc1cc2ccccc2cc1C.Cc1ccccc1C. The Kier molecular flexibility index (Phi) is 13.0. The molecule has 0 nitrogen and oxygen atoms in total. The largest absolute Gasteiger partial charge is 0.0802 e. The molecule has 0 fully saturated rings. The molecule has 0 radical (unpaired) electrons. The van der Waals surface area contributed by atoms with Crippen LogP contribution in [0.15, 0.2) is 148 Å². The van der Waals surface area contributed by atoms with Crippen molar-refractivity contribution in [1.82, 2.24) is 0 Å². The van der Waals surface area contributed by atoms with E-state index in [1.807, 2.05) is 0 Å². The summed E-state index contributed by atoms with van der Waals surface area (Å²) in [5.41, 5.74) is 20.6. The molecule has 0 atom stereocenters. The summed E-state index contributed by atoms with van der Waals surface area (Å²) in [5.74, 6) is 0. The lowest BCUT2D eigenvalue weighted by atomic mass is 10.0. The fraction of sp³-hybridized carbons (Fsp3) is 0.292. The van der Waals surface area contributed by atoms with E-state index < -0.39 is 0 Å². The highest BCUT2D eigenvalue weighted by atomic mass is 14.2. The van der Waals surface area contributed by atoms with Crippen molar-refractivity contribution in [2.45, 2.75) is 94.9 Å². The van der Waals surface area contributed by atoms with Crippen molar-refractivity contribution in [2.24, 2.45) is 0 Å². The summed E-state index contributed by atoms with van der Waals surface area (Å²) in [5, 5.41) is 2.67. The molecule has 0 unspecified atom stereocenters. The van der Waals surface area contributed by atoms with E-state index in [2.05, 4.69) is 178 Å². The van der Waals surface area contributed by atoms with Crippen LogP contribution in [0.25, 0.3) is 16.3 Å². The molecule has 4 aromatic rings. The van der Waals surface area contributed by atoms with Crippen LogP contribution in [0.2, 0.25) is 0 Å². The maximum Gasteiger partial charge on any atom is -0.00579 e. The maximum atomic E-state index is 2.27. The zero-order chi connectivity index (χ0) is 34.8. The summed E-state index contributed by atoms with van der Waals surface area (Å²) in [6.07, 6.45) is 13.6. The van der Waals surface area contributed by atoms with Crippen molar-refractivity contribution in [3.05, 3.63) is 182 Å². The van der Waals surface area contributed by atoms with Gasteiger partial charge in [-0.3, -0.25) is 0 Å². The standard InChI is InChI=1S/C12H12.C11H12.C10H12.C8H10.C7H10/c1-9-7-11-5-3-4-6-12(11)8-10(9)2;1-8-7-10-5-3-4-6-11(10)9(8)2;1-7-6-9-4-3-5-10(9)8(7)2;1-7-5-3-4-6-8(7)2;1-6-4-3-5-7(6)2/h3-8H,1-2H3;3-6H,7H2,1-2H3;3-4H,5-6H2,1-2H3;3-6H,1-2H3;3-4H,5H2,1-2H3. The minimum Gasteiger partial charge on any atom is -0.0802 e. The molecule has 0 bridgehead atoms. The van der Waals surface area contributed by atoms with E-state index in [1.165, 1.54) is 85.7 Å². The van der Waals surface area contributed by atoms with Crippen molar-refractivity contribution < 1.29 is 0 Å². The van der Waals surface area contributed by atoms with Gasteiger partial charge in [0, 0.05) is 0 Å². The highest BCUT2D eigenvalue weighted by Gasteiger charge is 2.18. The second-order valence-corrected chi connectivity index (χ2v) is 13.9. The first-order chi connectivity index (χ1) is 23.0. The van der Waals surface area contributed by atoms with E-state index in [0.717, 1.165) is 6.42 Å². The Morgan fingerprint density at radius 1 is 0.438 bits per heavy atom. The van der Waals surface area contributed by atoms with Crippen LogP contribution in [0.3, 0.4) is 0 Å². The molecule has 0 saturated carbocycles. The summed E-state index contributed by atoms with van der Waals surface area (Å²) in [4.78, 5) is 0. The number of allylic oxidation sites excluding steroid dienone is 12. The van der Waals surface area contributed by atoms with Crippen LogP contribution in [0.5, 0.6) is 0 Å². The van der Waals surface area contributed by atoms with Gasteiger partial charge in [-0.1, -0.05) is 132 Å². The van der Waals surface area contributed by atoms with Gasteiger partial charge in [0.1, 0.15) is 0 Å². The Morgan fingerprint density at radius 3 is 1.44 bits per heavy atom. The molecule has 0 spiro atoms. The van der Waals surface area contributed by atoms with Crippen molar-refractivity contribution >= 4 is 16.3 Å². The molecule has 8 rings (SSSR count). The minimum absolute atomic E-state index is 1.15. The second-order valence-electron chi connectivity index (χ2n) is 13.9. The van der Waals surface area contributed by atoms with E-state index >= 15 is 0 Å². The van der Waals surface area contributed by atoms with Gasteiger partial charge in [-0.15, -0.1) is 0 Å².